The first kappa shape index (κ1) is 8.85. The molecule has 0 amide bonds. The highest BCUT2D eigenvalue weighted by Crippen LogP contribution is 2.25. The second-order valence-corrected chi connectivity index (χ2v) is 3.16. The van der Waals surface area contributed by atoms with Gasteiger partial charge in [-0.1, -0.05) is 29.3 Å². The highest BCUT2D eigenvalue weighted by Gasteiger charge is 2.02. The van der Waals surface area contributed by atoms with Crippen molar-refractivity contribution in [3.05, 3.63) is 33.8 Å². The minimum atomic E-state index is -0.496. The molecule has 0 aliphatic carbocycles. The molecule has 1 rings (SSSR count). The summed E-state index contributed by atoms with van der Waals surface area (Å²) >= 11 is 11.4. The minimum absolute atomic E-state index is 0.477. The van der Waals surface area contributed by atoms with Crippen LogP contribution in [0.1, 0.15) is 18.6 Å². The van der Waals surface area contributed by atoms with Gasteiger partial charge in [0, 0.05) is 0 Å². The first-order valence-electron chi connectivity index (χ1n) is 3.24. The molecule has 0 spiro atoms. The Morgan fingerprint density at radius 2 is 1.91 bits per heavy atom. The summed E-state index contributed by atoms with van der Waals surface area (Å²) in [5.41, 5.74) is 0.777. The fourth-order valence-electron chi connectivity index (χ4n) is 0.772. The summed E-state index contributed by atoms with van der Waals surface area (Å²) in [6, 6.07) is 5.08. The van der Waals surface area contributed by atoms with E-state index in [1.54, 1.807) is 25.1 Å². The standard InChI is InChI=1S/C8H8Cl2O/c1-5(11)6-2-3-7(9)8(10)4-6/h2-5,11H,1H3/t5-/m1/s1. The van der Waals surface area contributed by atoms with Crippen LogP contribution in [0, 0.1) is 0 Å². The van der Waals surface area contributed by atoms with Gasteiger partial charge in [-0.05, 0) is 24.6 Å². The number of halogens is 2. The molecule has 1 N–H and O–H groups in total. The van der Waals surface area contributed by atoms with Crippen molar-refractivity contribution < 1.29 is 5.11 Å². The molecule has 1 aromatic rings. The molecule has 0 saturated heterocycles. The molecule has 3 heteroatoms. The van der Waals surface area contributed by atoms with Gasteiger partial charge in [-0.25, -0.2) is 0 Å². The fraction of sp³-hybridized carbons (Fsp3) is 0.250. The Hall–Kier alpha value is -0.240. The second kappa shape index (κ2) is 3.44. The third-order valence-electron chi connectivity index (χ3n) is 1.43. The van der Waals surface area contributed by atoms with Crippen LogP contribution in [0.15, 0.2) is 18.2 Å². The molecule has 60 valence electrons. The predicted octanol–water partition coefficient (Wildman–Crippen LogP) is 3.05. The third kappa shape index (κ3) is 2.09. The lowest BCUT2D eigenvalue weighted by Crippen LogP contribution is -1.89. The third-order valence-corrected chi connectivity index (χ3v) is 2.17. The molecule has 0 fully saturated rings. The van der Waals surface area contributed by atoms with Gasteiger partial charge in [0.25, 0.3) is 0 Å². The maximum atomic E-state index is 9.14. The summed E-state index contributed by atoms with van der Waals surface area (Å²) in [5.74, 6) is 0. The number of benzene rings is 1. The molecule has 0 saturated carbocycles. The summed E-state index contributed by atoms with van der Waals surface area (Å²) in [6.07, 6.45) is -0.496. The summed E-state index contributed by atoms with van der Waals surface area (Å²) in [7, 11) is 0. The zero-order valence-corrected chi connectivity index (χ0v) is 7.52. The maximum absolute atomic E-state index is 9.14. The lowest BCUT2D eigenvalue weighted by molar-refractivity contribution is 0.199. The molecule has 0 radical (unpaired) electrons. The molecule has 0 aliphatic rings. The first-order valence-corrected chi connectivity index (χ1v) is 4.00. The average Bonchev–Trinajstić information content (AvgIpc) is 1.94. The summed E-state index contributed by atoms with van der Waals surface area (Å²) in [4.78, 5) is 0. The zero-order chi connectivity index (χ0) is 8.43. The van der Waals surface area contributed by atoms with Crippen molar-refractivity contribution in [2.24, 2.45) is 0 Å². The number of aliphatic hydroxyl groups excluding tert-OH is 1. The van der Waals surface area contributed by atoms with Crippen molar-refractivity contribution >= 4 is 23.2 Å². The molecule has 1 nitrogen and oxygen atoms in total. The SMILES string of the molecule is C[C@@H](O)c1ccc(Cl)c(Cl)c1. The Balaban J connectivity index is 3.05. The number of hydrogen-bond acceptors (Lipinski definition) is 1. The largest absolute Gasteiger partial charge is 0.389 e. The van der Waals surface area contributed by atoms with E-state index in [0.29, 0.717) is 10.0 Å². The fourth-order valence-corrected chi connectivity index (χ4v) is 1.08. The van der Waals surface area contributed by atoms with Crippen molar-refractivity contribution in [3.8, 4) is 0 Å². The van der Waals surface area contributed by atoms with Gasteiger partial charge >= 0.3 is 0 Å². The van der Waals surface area contributed by atoms with E-state index in [1.807, 2.05) is 0 Å². The molecular formula is C8H8Cl2O. The van der Waals surface area contributed by atoms with Gasteiger partial charge in [0.2, 0.25) is 0 Å². The highest BCUT2D eigenvalue weighted by molar-refractivity contribution is 6.42. The molecular weight excluding hydrogens is 183 g/mol. The van der Waals surface area contributed by atoms with Gasteiger partial charge in [-0.15, -0.1) is 0 Å². The van der Waals surface area contributed by atoms with Crippen LogP contribution in [0.3, 0.4) is 0 Å². The van der Waals surface area contributed by atoms with Gasteiger partial charge < -0.3 is 5.11 Å². The molecule has 1 atom stereocenters. The molecule has 0 bridgehead atoms. The molecule has 11 heavy (non-hydrogen) atoms. The Morgan fingerprint density at radius 1 is 1.27 bits per heavy atom. The first-order chi connectivity index (χ1) is 5.11. The predicted molar refractivity (Wildman–Crippen MR) is 47.1 cm³/mol. The topological polar surface area (TPSA) is 20.2 Å². The van der Waals surface area contributed by atoms with Crippen LogP contribution in [0.5, 0.6) is 0 Å². The van der Waals surface area contributed by atoms with Crippen LogP contribution >= 0.6 is 23.2 Å². The second-order valence-electron chi connectivity index (χ2n) is 2.35. The lowest BCUT2D eigenvalue weighted by Gasteiger charge is -2.04. The van der Waals surface area contributed by atoms with E-state index < -0.39 is 6.10 Å². The normalized spacial score (nSPS) is 13.1. The van der Waals surface area contributed by atoms with Gasteiger partial charge in [-0.2, -0.15) is 0 Å². The monoisotopic (exact) mass is 190 g/mol. The quantitative estimate of drug-likeness (QED) is 0.723. The van der Waals surface area contributed by atoms with Crippen molar-refractivity contribution in [3.63, 3.8) is 0 Å². The molecule has 0 heterocycles. The molecule has 0 aliphatic heterocycles. The van der Waals surface area contributed by atoms with Crippen LogP contribution in [0.25, 0.3) is 0 Å². The van der Waals surface area contributed by atoms with Crippen molar-refractivity contribution in [1.82, 2.24) is 0 Å². The van der Waals surface area contributed by atoms with Crippen LogP contribution in [-0.2, 0) is 0 Å². The molecule has 0 aromatic heterocycles. The van der Waals surface area contributed by atoms with E-state index in [-0.39, 0.29) is 0 Å². The van der Waals surface area contributed by atoms with E-state index in [0.717, 1.165) is 5.56 Å². The summed E-state index contributed by atoms with van der Waals surface area (Å²) in [5, 5.41) is 10.1. The van der Waals surface area contributed by atoms with Gasteiger partial charge in [0.15, 0.2) is 0 Å². The van der Waals surface area contributed by atoms with Crippen LogP contribution < -0.4 is 0 Å². The highest BCUT2D eigenvalue weighted by atomic mass is 35.5. The Morgan fingerprint density at radius 3 is 2.36 bits per heavy atom. The van der Waals surface area contributed by atoms with E-state index in [4.69, 9.17) is 28.3 Å². The van der Waals surface area contributed by atoms with E-state index >= 15 is 0 Å². The van der Waals surface area contributed by atoms with Crippen LogP contribution in [-0.4, -0.2) is 5.11 Å². The Bertz CT molecular complexity index is 258. The van der Waals surface area contributed by atoms with E-state index in [9.17, 15) is 0 Å². The van der Waals surface area contributed by atoms with Crippen LogP contribution in [0.2, 0.25) is 10.0 Å². The lowest BCUT2D eigenvalue weighted by atomic mass is 10.1. The molecule has 0 unspecified atom stereocenters. The minimum Gasteiger partial charge on any atom is -0.389 e. The van der Waals surface area contributed by atoms with Crippen molar-refractivity contribution in [2.75, 3.05) is 0 Å². The maximum Gasteiger partial charge on any atom is 0.0762 e. The van der Waals surface area contributed by atoms with Gasteiger partial charge in [-0.3, -0.25) is 0 Å². The summed E-state index contributed by atoms with van der Waals surface area (Å²) < 4.78 is 0. The van der Waals surface area contributed by atoms with E-state index in [1.165, 1.54) is 0 Å². The average molecular weight is 191 g/mol. The summed E-state index contributed by atoms with van der Waals surface area (Å²) in [6.45, 7) is 1.68. The number of aliphatic hydroxyl groups is 1. The zero-order valence-electron chi connectivity index (χ0n) is 6.01. The van der Waals surface area contributed by atoms with Crippen molar-refractivity contribution in [2.45, 2.75) is 13.0 Å². The molecule has 1 aromatic carbocycles. The Labute approximate surface area is 75.6 Å². The number of rotatable bonds is 1. The van der Waals surface area contributed by atoms with Gasteiger partial charge in [0.1, 0.15) is 0 Å². The van der Waals surface area contributed by atoms with E-state index in [2.05, 4.69) is 0 Å². The smallest absolute Gasteiger partial charge is 0.0762 e. The van der Waals surface area contributed by atoms with Crippen molar-refractivity contribution in [1.29, 1.82) is 0 Å². The van der Waals surface area contributed by atoms with Crippen LogP contribution in [0.4, 0.5) is 0 Å². The Kier molecular flexibility index (Phi) is 2.77. The number of hydrogen-bond donors (Lipinski definition) is 1. The van der Waals surface area contributed by atoms with Gasteiger partial charge in [0.05, 0.1) is 16.1 Å².